The van der Waals surface area contributed by atoms with E-state index in [4.69, 9.17) is 11.6 Å². The number of rotatable bonds is 3. The molecule has 0 radical (unpaired) electrons. The van der Waals surface area contributed by atoms with Crippen LogP contribution in [0.15, 0.2) is 36.5 Å². The number of hydrogen-bond acceptors (Lipinski definition) is 4. The van der Waals surface area contributed by atoms with E-state index >= 15 is 0 Å². The van der Waals surface area contributed by atoms with Crippen molar-refractivity contribution >= 4 is 51.5 Å². The normalized spacial score (nSPS) is 10.1. The van der Waals surface area contributed by atoms with Crippen molar-refractivity contribution in [3.63, 3.8) is 0 Å². The van der Waals surface area contributed by atoms with E-state index < -0.39 is 10.8 Å². The maximum absolute atomic E-state index is 12.1. The number of nitro groups is 1. The van der Waals surface area contributed by atoms with Crippen LogP contribution in [-0.2, 0) is 0 Å². The Kier molecular flexibility index (Phi) is 4.50. The fraction of sp³-hybridized carbons (Fsp3) is 0. The van der Waals surface area contributed by atoms with E-state index in [-0.39, 0.29) is 11.3 Å². The molecular weight excluding hydrogens is 397 g/mol. The highest BCUT2D eigenvalue weighted by atomic mass is 127. The summed E-state index contributed by atoms with van der Waals surface area (Å²) in [6, 6.07) is 7.24. The molecule has 2 aromatic rings. The zero-order chi connectivity index (χ0) is 14.7. The van der Waals surface area contributed by atoms with Crippen molar-refractivity contribution in [1.82, 2.24) is 4.98 Å². The van der Waals surface area contributed by atoms with Crippen LogP contribution in [-0.4, -0.2) is 15.8 Å². The summed E-state index contributed by atoms with van der Waals surface area (Å²) in [6.07, 6.45) is 1.41. The molecule has 0 atom stereocenters. The molecule has 1 amide bonds. The van der Waals surface area contributed by atoms with E-state index in [0.717, 1.165) is 0 Å². The molecule has 0 aliphatic rings. The molecule has 0 aliphatic carbocycles. The lowest BCUT2D eigenvalue weighted by molar-refractivity contribution is -0.384. The second-order valence-corrected chi connectivity index (χ2v) is 5.29. The lowest BCUT2D eigenvalue weighted by Gasteiger charge is -2.06. The van der Waals surface area contributed by atoms with Gasteiger partial charge in [-0.25, -0.2) is 4.98 Å². The molecule has 20 heavy (non-hydrogen) atoms. The SMILES string of the molecule is O=C(Nc1ccc(Cl)nc1)c1cc([N+](=O)[O-])ccc1I. The molecule has 0 fully saturated rings. The van der Waals surface area contributed by atoms with Gasteiger partial charge < -0.3 is 5.32 Å². The van der Waals surface area contributed by atoms with Crippen LogP contribution < -0.4 is 5.32 Å². The number of nitrogens with zero attached hydrogens (tertiary/aromatic N) is 2. The van der Waals surface area contributed by atoms with Crippen molar-refractivity contribution in [1.29, 1.82) is 0 Å². The predicted molar refractivity (Wildman–Crippen MR) is 83.0 cm³/mol. The van der Waals surface area contributed by atoms with Crippen molar-refractivity contribution in [2.24, 2.45) is 0 Å². The zero-order valence-electron chi connectivity index (χ0n) is 9.84. The lowest BCUT2D eigenvalue weighted by atomic mass is 10.2. The van der Waals surface area contributed by atoms with Crippen molar-refractivity contribution in [2.75, 3.05) is 5.32 Å². The van der Waals surface area contributed by atoms with Crippen LogP contribution in [0.5, 0.6) is 0 Å². The van der Waals surface area contributed by atoms with Crippen molar-refractivity contribution in [2.45, 2.75) is 0 Å². The standard InChI is InChI=1S/C12H7ClIN3O3/c13-11-4-1-7(6-15-11)16-12(18)9-5-8(17(19)20)2-3-10(9)14/h1-6H,(H,16,18). The summed E-state index contributed by atoms with van der Waals surface area (Å²) < 4.78 is 0.618. The minimum Gasteiger partial charge on any atom is -0.321 e. The van der Waals surface area contributed by atoms with Gasteiger partial charge in [0, 0.05) is 15.7 Å². The average Bonchev–Trinajstić information content (AvgIpc) is 2.41. The van der Waals surface area contributed by atoms with Crippen LogP contribution in [0.3, 0.4) is 0 Å². The maximum Gasteiger partial charge on any atom is 0.270 e. The second-order valence-electron chi connectivity index (χ2n) is 3.74. The van der Waals surface area contributed by atoms with Crippen LogP contribution in [0, 0.1) is 13.7 Å². The molecular formula is C12H7ClIN3O3. The number of amides is 1. The summed E-state index contributed by atoms with van der Waals surface area (Å²) in [5, 5.41) is 13.6. The van der Waals surface area contributed by atoms with Gasteiger partial charge in [-0.15, -0.1) is 0 Å². The first-order valence-electron chi connectivity index (χ1n) is 5.34. The van der Waals surface area contributed by atoms with Gasteiger partial charge in [-0.1, -0.05) is 11.6 Å². The Hall–Kier alpha value is -1.74. The summed E-state index contributed by atoms with van der Waals surface area (Å²) in [5.41, 5.74) is 0.557. The minimum atomic E-state index is -0.545. The number of hydrogen-bond donors (Lipinski definition) is 1. The molecule has 2 rings (SSSR count). The van der Waals surface area contributed by atoms with Gasteiger partial charge >= 0.3 is 0 Å². The monoisotopic (exact) mass is 403 g/mol. The first-order valence-corrected chi connectivity index (χ1v) is 6.80. The van der Waals surface area contributed by atoms with Gasteiger partial charge in [0.25, 0.3) is 11.6 Å². The summed E-state index contributed by atoms with van der Waals surface area (Å²) in [4.78, 5) is 26.1. The Bertz CT molecular complexity index is 676. The number of pyridine rings is 1. The fourth-order valence-corrected chi connectivity index (χ4v) is 2.14. The van der Waals surface area contributed by atoms with Crippen molar-refractivity contribution in [3.05, 3.63) is 60.9 Å². The number of nitrogens with one attached hydrogen (secondary N) is 1. The largest absolute Gasteiger partial charge is 0.321 e. The van der Waals surface area contributed by atoms with E-state index in [1.54, 1.807) is 6.07 Å². The van der Waals surface area contributed by atoms with Gasteiger partial charge in [-0.05, 0) is 40.8 Å². The molecule has 1 aromatic heterocycles. The van der Waals surface area contributed by atoms with E-state index in [9.17, 15) is 14.9 Å². The Morgan fingerprint density at radius 2 is 2.10 bits per heavy atom. The zero-order valence-corrected chi connectivity index (χ0v) is 12.8. The molecule has 1 N–H and O–H groups in total. The van der Waals surface area contributed by atoms with E-state index in [1.165, 1.54) is 30.5 Å². The van der Waals surface area contributed by atoms with Gasteiger partial charge in [0.2, 0.25) is 0 Å². The van der Waals surface area contributed by atoms with Crippen molar-refractivity contribution < 1.29 is 9.72 Å². The lowest BCUT2D eigenvalue weighted by Crippen LogP contribution is -2.14. The summed E-state index contributed by atoms with van der Waals surface area (Å²) in [7, 11) is 0. The summed E-state index contributed by atoms with van der Waals surface area (Å²) >= 11 is 7.59. The van der Waals surface area contributed by atoms with Gasteiger partial charge in [0.15, 0.2) is 0 Å². The smallest absolute Gasteiger partial charge is 0.270 e. The molecule has 1 aromatic carbocycles. The first-order chi connectivity index (χ1) is 9.47. The minimum absolute atomic E-state index is 0.134. The fourth-order valence-electron chi connectivity index (χ4n) is 1.45. The van der Waals surface area contributed by atoms with Gasteiger partial charge in [0.1, 0.15) is 5.15 Å². The topological polar surface area (TPSA) is 85.1 Å². The van der Waals surface area contributed by atoms with Crippen LogP contribution in [0.2, 0.25) is 5.15 Å². The average molecular weight is 404 g/mol. The third-order valence-corrected chi connectivity index (χ3v) is 3.55. The highest BCUT2D eigenvalue weighted by Gasteiger charge is 2.15. The third kappa shape index (κ3) is 3.42. The van der Waals surface area contributed by atoms with Gasteiger partial charge in [-0.3, -0.25) is 14.9 Å². The number of carbonyl (C=O) groups excluding carboxylic acids is 1. The Morgan fingerprint density at radius 1 is 1.35 bits per heavy atom. The number of benzene rings is 1. The molecule has 6 nitrogen and oxygen atoms in total. The highest BCUT2D eigenvalue weighted by molar-refractivity contribution is 14.1. The van der Waals surface area contributed by atoms with Crippen LogP contribution in [0.1, 0.15) is 10.4 Å². The molecule has 0 unspecified atom stereocenters. The van der Waals surface area contributed by atoms with Crippen molar-refractivity contribution in [3.8, 4) is 0 Å². The number of anilines is 1. The number of nitro benzene ring substituents is 1. The van der Waals surface area contributed by atoms with Gasteiger partial charge in [0.05, 0.1) is 22.4 Å². The molecule has 0 aliphatic heterocycles. The Labute approximate surface area is 132 Å². The molecule has 0 saturated carbocycles. The number of aromatic nitrogens is 1. The maximum atomic E-state index is 12.1. The molecule has 0 spiro atoms. The molecule has 0 bridgehead atoms. The van der Waals surface area contributed by atoms with Crippen LogP contribution in [0.4, 0.5) is 11.4 Å². The molecule has 0 saturated heterocycles. The third-order valence-electron chi connectivity index (χ3n) is 2.39. The predicted octanol–water partition coefficient (Wildman–Crippen LogP) is 3.50. The quantitative estimate of drug-likeness (QED) is 0.368. The number of non-ortho nitro benzene ring substituents is 1. The highest BCUT2D eigenvalue weighted by Crippen LogP contribution is 2.21. The Morgan fingerprint density at radius 3 is 2.70 bits per heavy atom. The Balaban J connectivity index is 2.26. The summed E-state index contributed by atoms with van der Waals surface area (Å²) in [6.45, 7) is 0. The molecule has 102 valence electrons. The van der Waals surface area contributed by atoms with Gasteiger partial charge in [-0.2, -0.15) is 0 Å². The molecule has 1 heterocycles. The first kappa shape index (κ1) is 14.7. The van der Waals surface area contributed by atoms with E-state index in [2.05, 4.69) is 10.3 Å². The number of halogens is 2. The van der Waals surface area contributed by atoms with Crippen LogP contribution >= 0.6 is 34.2 Å². The molecule has 8 heteroatoms. The summed E-state index contributed by atoms with van der Waals surface area (Å²) in [5.74, 6) is -0.442. The van der Waals surface area contributed by atoms with E-state index in [0.29, 0.717) is 14.4 Å². The van der Waals surface area contributed by atoms with Crippen LogP contribution in [0.25, 0.3) is 0 Å². The van der Waals surface area contributed by atoms with E-state index in [1.807, 2.05) is 22.6 Å². The second kappa shape index (κ2) is 6.14. The number of carbonyl (C=O) groups is 1.